The molecule has 0 aliphatic heterocycles. The normalized spacial score (nSPS) is 11.3. The lowest BCUT2D eigenvalue weighted by Gasteiger charge is -2.14. The molecule has 1 aromatic carbocycles. The van der Waals surface area contributed by atoms with Crippen molar-refractivity contribution in [2.24, 2.45) is 0 Å². The fraction of sp³-hybridized carbons (Fsp3) is 0.143. The predicted octanol–water partition coefficient (Wildman–Crippen LogP) is 2.26. The molecule has 1 rings (SSSR count). The van der Waals surface area contributed by atoms with Crippen molar-refractivity contribution in [3.63, 3.8) is 0 Å². The second-order valence-electron chi connectivity index (χ2n) is 2.39. The van der Waals surface area contributed by atoms with Crippen LogP contribution in [0.1, 0.15) is 0 Å². The Bertz CT molecular complexity index is 405. The lowest BCUT2D eigenvalue weighted by molar-refractivity contribution is 0.608. The first-order valence-electron chi connectivity index (χ1n) is 3.35. The SMILES string of the molecule is CN(c1cccc(Cl)c1)S(=O)(=O)Cl. The lowest BCUT2D eigenvalue weighted by atomic mass is 10.3. The summed E-state index contributed by atoms with van der Waals surface area (Å²) in [5.74, 6) is 0. The van der Waals surface area contributed by atoms with Gasteiger partial charge in [0.2, 0.25) is 0 Å². The molecule has 0 saturated heterocycles. The van der Waals surface area contributed by atoms with Gasteiger partial charge in [0.25, 0.3) is 0 Å². The minimum absolute atomic E-state index is 0.433. The van der Waals surface area contributed by atoms with Crippen LogP contribution >= 0.6 is 22.3 Å². The Morgan fingerprint density at radius 1 is 1.38 bits per heavy atom. The molecule has 13 heavy (non-hydrogen) atoms. The van der Waals surface area contributed by atoms with Crippen molar-refractivity contribution in [1.29, 1.82) is 0 Å². The molecule has 0 spiro atoms. The second-order valence-corrected chi connectivity index (χ2v) is 5.37. The predicted molar refractivity (Wildman–Crippen MR) is 54.6 cm³/mol. The number of halogens is 2. The summed E-state index contributed by atoms with van der Waals surface area (Å²) in [6.45, 7) is 0. The van der Waals surface area contributed by atoms with Gasteiger partial charge in [-0.15, -0.1) is 0 Å². The van der Waals surface area contributed by atoms with Crippen molar-refractivity contribution in [2.75, 3.05) is 11.4 Å². The topological polar surface area (TPSA) is 37.4 Å². The van der Waals surface area contributed by atoms with Crippen molar-refractivity contribution < 1.29 is 8.42 Å². The van der Waals surface area contributed by atoms with Crippen LogP contribution in [0.4, 0.5) is 5.69 Å². The molecule has 0 aromatic heterocycles. The third kappa shape index (κ3) is 2.76. The van der Waals surface area contributed by atoms with Crippen molar-refractivity contribution in [3.05, 3.63) is 29.3 Å². The number of hydrogen-bond acceptors (Lipinski definition) is 2. The van der Waals surface area contributed by atoms with Gasteiger partial charge in [-0.3, -0.25) is 4.31 Å². The molecular weight excluding hydrogens is 233 g/mol. The van der Waals surface area contributed by atoms with Crippen molar-refractivity contribution in [2.45, 2.75) is 0 Å². The minimum Gasteiger partial charge on any atom is -0.261 e. The maximum atomic E-state index is 10.9. The zero-order valence-electron chi connectivity index (χ0n) is 6.74. The number of hydrogen-bond donors (Lipinski definition) is 0. The molecule has 0 heterocycles. The summed E-state index contributed by atoms with van der Waals surface area (Å²) in [4.78, 5) is 0. The van der Waals surface area contributed by atoms with Crippen LogP contribution in [0.25, 0.3) is 0 Å². The summed E-state index contributed by atoms with van der Waals surface area (Å²) in [5, 5.41) is 0.463. The van der Waals surface area contributed by atoms with Crippen LogP contribution in [0.2, 0.25) is 5.02 Å². The van der Waals surface area contributed by atoms with Gasteiger partial charge in [-0.05, 0) is 18.2 Å². The average molecular weight is 240 g/mol. The highest BCUT2D eigenvalue weighted by atomic mass is 35.7. The molecule has 0 saturated carbocycles. The molecule has 6 heteroatoms. The molecule has 0 aliphatic rings. The monoisotopic (exact) mass is 239 g/mol. The van der Waals surface area contributed by atoms with Crippen LogP contribution in [-0.4, -0.2) is 15.5 Å². The molecular formula is C7H7Cl2NO2S. The van der Waals surface area contributed by atoms with E-state index in [1.165, 1.54) is 13.1 Å². The highest BCUT2D eigenvalue weighted by molar-refractivity contribution is 8.14. The van der Waals surface area contributed by atoms with E-state index in [0.29, 0.717) is 10.7 Å². The largest absolute Gasteiger partial charge is 0.321 e. The highest BCUT2D eigenvalue weighted by Crippen LogP contribution is 2.21. The average Bonchev–Trinajstić information content (AvgIpc) is 2.01. The van der Waals surface area contributed by atoms with E-state index >= 15 is 0 Å². The third-order valence-electron chi connectivity index (χ3n) is 1.50. The Morgan fingerprint density at radius 3 is 2.46 bits per heavy atom. The Kier molecular flexibility index (Phi) is 3.05. The smallest absolute Gasteiger partial charge is 0.261 e. The number of anilines is 1. The zero-order valence-corrected chi connectivity index (χ0v) is 9.07. The summed E-state index contributed by atoms with van der Waals surface area (Å²) in [6, 6.07) is 6.42. The van der Waals surface area contributed by atoms with Gasteiger partial charge in [-0.25, -0.2) is 0 Å². The van der Waals surface area contributed by atoms with E-state index in [4.69, 9.17) is 22.3 Å². The fourth-order valence-electron chi connectivity index (χ4n) is 0.798. The molecule has 0 N–H and O–H groups in total. The Balaban J connectivity index is 3.10. The van der Waals surface area contributed by atoms with E-state index in [1.807, 2.05) is 0 Å². The Labute approximate surface area is 86.4 Å². The van der Waals surface area contributed by atoms with Crippen LogP contribution in [0.5, 0.6) is 0 Å². The first-order chi connectivity index (χ1) is 5.91. The van der Waals surface area contributed by atoms with Crippen LogP contribution in [0.3, 0.4) is 0 Å². The number of benzene rings is 1. The molecule has 72 valence electrons. The summed E-state index contributed by atoms with van der Waals surface area (Å²) in [6.07, 6.45) is 0. The summed E-state index contributed by atoms with van der Waals surface area (Å²) >= 11 is 5.67. The molecule has 0 unspecified atom stereocenters. The standard InChI is InChI=1S/C7H7Cl2NO2S/c1-10(13(9,11)12)7-4-2-3-6(8)5-7/h2-5H,1H3. The van der Waals surface area contributed by atoms with E-state index in [0.717, 1.165) is 4.31 Å². The summed E-state index contributed by atoms with van der Waals surface area (Å²) in [7, 11) is 2.75. The number of rotatable bonds is 2. The van der Waals surface area contributed by atoms with Gasteiger partial charge < -0.3 is 0 Å². The van der Waals surface area contributed by atoms with Crippen LogP contribution in [-0.2, 0) is 9.24 Å². The van der Waals surface area contributed by atoms with Crippen molar-refractivity contribution >= 4 is 37.2 Å². The summed E-state index contributed by atoms with van der Waals surface area (Å²) < 4.78 is 22.7. The third-order valence-corrected chi connectivity index (χ3v) is 3.22. The number of nitrogens with zero attached hydrogens (tertiary/aromatic N) is 1. The van der Waals surface area contributed by atoms with Gasteiger partial charge in [0.05, 0.1) is 5.69 Å². The van der Waals surface area contributed by atoms with Crippen LogP contribution in [0.15, 0.2) is 24.3 Å². The summed E-state index contributed by atoms with van der Waals surface area (Å²) in [5.41, 5.74) is 0.433. The first kappa shape index (κ1) is 10.6. The maximum absolute atomic E-state index is 10.9. The first-order valence-corrected chi connectivity index (χ1v) is 6.00. The van der Waals surface area contributed by atoms with Crippen molar-refractivity contribution in [1.82, 2.24) is 0 Å². The van der Waals surface area contributed by atoms with Crippen molar-refractivity contribution in [3.8, 4) is 0 Å². The van der Waals surface area contributed by atoms with Gasteiger partial charge in [0, 0.05) is 22.8 Å². The Hall–Kier alpha value is -0.450. The Morgan fingerprint density at radius 2 is 2.00 bits per heavy atom. The van der Waals surface area contributed by atoms with E-state index < -0.39 is 9.24 Å². The molecule has 1 aromatic rings. The quantitative estimate of drug-likeness (QED) is 0.743. The van der Waals surface area contributed by atoms with Gasteiger partial charge >= 0.3 is 9.24 Å². The molecule has 0 atom stereocenters. The zero-order chi connectivity index (χ0) is 10.1. The maximum Gasteiger partial charge on any atom is 0.321 e. The van der Waals surface area contributed by atoms with Gasteiger partial charge in [-0.1, -0.05) is 17.7 Å². The second kappa shape index (κ2) is 3.74. The lowest BCUT2D eigenvalue weighted by Crippen LogP contribution is -2.20. The minimum atomic E-state index is -3.73. The fourth-order valence-corrected chi connectivity index (χ4v) is 1.59. The van der Waals surface area contributed by atoms with Gasteiger partial charge in [-0.2, -0.15) is 8.42 Å². The van der Waals surface area contributed by atoms with E-state index in [1.54, 1.807) is 18.2 Å². The van der Waals surface area contributed by atoms with Gasteiger partial charge in [0.15, 0.2) is 0 Å². The molecule has 0 bridgehead atoms. The van der Waals surface area contributed by atoms with E-state index in [-0.39, 0.29) is 0 Å². The highest BCUT2D eigenvalue weighted by Gasteiger charge is 2.13. The van der Waals surface area contributed by atoms with E-state index in [9.17, 15) is 8.42 Å². The molecule has 0 fully saturated rings. The molecule has 0 aliphatic carbocycles. The van der Waals surface area contributed by atoms with E-state index in [2.05, 4.69) is 0 Å². The molecule has 0 radical (unpaired) electrons. The molecule has 3 nitrogen and oxygen atoms in total. The van der Waals surface area contributed by atoms with Crippen LogP contribution < -0.4 is 4.31 Å². The van der Waals surface area contributed by atoms with Gasteiger partial charge in [0.1, 0.15) is 0 Å². The molecule has 0 amide bonds. The van der Waals surface area contributed by atoms with Crippen LogP contribution in [0, 0.1) is 0 Å².